The Morgan fingerprint density at radius 3 is 1.48 bits per heavy atom. The molecule has 0 saturated carbocycles. The molecule has 3 rings (SSSR count). The van der Waals surface area contributed by atoms with Crippen LogP contribution in [0.5, 0.6) is 0 Å². The maximum Gasteiger partial charge on any atom is 0.364 e. The van der Waals surface area contributed by atoms with Crippen molar-refractivity contribution in [2.24, 2.45) is 0 Å². The molecule has 3 aliphatic rings. The first-order valence-electron chi connectivity index (χ1n) is 35.1. The van der Waals surface area contributed by atoms with Crippen molar-refractivity contribution in [3.63, 3.8) is 0 Å². The van der Waals surface area contributed by atoms with E-state index >= 15 is 0 Å². The summed E-state index contributed by atoms with van der Waals surface area (Å²) in [5.41, 5.74) is 0. The van der Waals surface area contributed by atoms with Gasteiger partial charge < -0.3 is 100 Å². The van der Waals surface area contributed by atoms with Crippen LogP contribution in [0.4, 0.5) is 0 Å². The first kappa shape index (κ1) is 81.7. The number of allylic oxidation sites excluding steroid dienone is 1. The van der Waals surface area contributed by atoms with E-state index in [9.17, 15) is 75.7 Å². The Labute approximate surface area is 537 Å². The van der Waals surface area contributed by atoms with E-state index in [1.807, 2.05) is 6.08 Å². The number of ether oxygens (including phenoxy) is 6. The number of aliphatic hydroxyl groups is 11. The average Bonchev–Trinajstić information content (AvgIpc) is 0.821. The number of aliphatic hydroxyl groups excluding tert-OH is 11. The van der Waals surface area contributed by atoms with Gasteiger partial charge in [-0.05, 0) is 19.3 Å². The zero-order valence-corrected chi connectivity index (χ0v) is 55.0. The van der Waals surface area contributed by atoms with Crippen LogP contribution in [-0.2, 0) is 42.8 Å². The van der Waals surface area contributed by atoms with Crippen molar-refractivity contribution in [1.82, 2.24) is 10.6 Å². The van der Waals surface area contributed by atoms with E-state index in [-0.39, 0.29) is 12.3 Å². The summed E-state index contributed by atoms with van der Waals surface area (Å²) in [6.07, 6.45) is 16.9. The third-order valence-electron chi connectivity index (χ3n) is 18.0. The lowest BCUT2D eigenvalue weighted by atomic mass is 9.88. The third kappa shape index (κ3) is 30.5. The molecule has 3 saturated heterocycles. The van der Waals surface area contributed by atoms with Gasteiger partial charge in [-0.25, -0.2) is 4.79 Å². The number of hydrogen-bond donors (Lipinski definition) is 14. The molecule has 3 heterocycles. The van der Waals surface area contributed by atoms with Crippen molar-refractivity contribution in [2.45, 2.75) is 368 Å². The molecule has 0 bridgehead atoms. The van der Waals surface area contributed by atoms with Gasteiger partial charge in [-0.1, -0.05) is 231 Å². The minimum atomic E-state index is -3.08. The molecule has 0 aromatic rings. The molecule has 23 heteroatoms. The third-order valence-corrected chi connectivity index (χ3v) is 18.0. The van der Waals surface area contributed by atoms with Crippen molar-refractivity contribution in [2.75, 3.05) is 26.4 Å². The van der Waals surface area contributed by atoms with E-state index in [4.69, 9.17) is 28.4 Å². The maximum atomic E-state index is 13.4. The van der Waals surface area contributed by atoms with Crippen LogP contribution in [0.1, 0.15) is 258 Å². The van der Waals surface area contributed by atoms with Crippen molar-refractivity contribution in [1.29, 1.82) is 0 Å². The van der Waals surface area contributed by atoms with Gasteiger partial charge in [0.2, 0.25) is 11.8 Å². The molecular formula is C67H124N2O21. The second-order valence-electron chi connectivity index (χ2n) is 25.8. The summed E-state index contributed by atoms with van der Waals surface area (Å²) in [5.74, 6) is -6.14. The van der Waals surface area contributed by atoms with Crippen LogP contribution in [0.3, 0.4) is 0 Å². The first-order chi connectivity index (χ1) is 43.4. The first-order valence-corrected chi connectivity index (χ1v) is 35.1. The van der Waals surface area contributed by atoms with Gasteiger partial charge in [-0.3, -0.25) is 9.59 Å². The number of carboxylic acids is 1. The summed E-state index contributed by atoms with van der Waals surface area (Å²) in [6.45, 7) is 2.14. The summed E-state index contributed by atoms with van der Waals surface area (Å²) in [7, 11) is 0. The predicted molar refractivity (Wildman–Crippen MR) is 338 cm³/mol. The minimum Gasteiger partial charge on any atom is -0.477 e. The van der Waals surface area contributed by atoms with E-state index in [2.05, 4.69) is 24.5 Å². The van der Waals surface area contributed by atoms with Crippen molar-refractivity contribution < 1.29 is 104 Å². The van der Waals surface area contributed by atoms with E-state index in [1.54, 1.807) is 6.08 Å². The quantitative estimate of drug-likeness (QED) is 0.0235. The lowest BCUT2D eigenvalue weighted by molar-refractivity contribution is -0.386. The fraction of sp³-hybridized carbons (Fsp3) is 0.925. The van der Waals surface area contributed by atoms with Gasteiger partial charge in [-0.2, -0.15) is 0 Å². The van der Waals surface area contributed by atoms with Crippen molar-refractivity contribution >= 4 is 17.8 Å². The number of unbranched alkanes of at least 4 members (excludes halogenated alkanes) is 33. The largest absolute Gasteiger partial charge is 0.477 e. The molecule has 23 nitrogen and oxygen atoms in total. The zero-order valence-electron chi connectivity index (χ0n) is 55.0. The molecule has 18 atom stereocenters. The average molecular weight is 1290 g/mol. The molecule has 0 aromatic heterocycles. The number of carbonyl (C=O) groups excluding carboxylic acids is 2. The molecule has 90 heavy (non-hydrogen) atoms. The fourth-order valence-electron chi connectivity index (χ4n) is 12.4. The molecule has 18 unspecified atom stereocenters. The number of nitrogens with one attached hydrogen (secondary N) is 2. The Kier molecular flexibility index (Phi) is 43.8. The standard InChI is InChI=1S/C67H124N2O21/c1-4-6-8-10-12-14-16-18-19-20-21-22-23-24-25-26-27-29-31-33-35-37-39-41-54(77)69-48(49(74)40-38-36-34-32-30-28-17-15-13-11-9-7-5-2)46-85-64-59(81)58(80)61(53(45-72)87-64)88-65-60(82)63(57(79)52(44-71)86-65)90-67(66(83)84)42-50(75)55(68-47(3)73)62(89-67)56(78)51(76)43-70/h38,40,48-53,55-65,70-72,74-76,78-82H,4-37,39,41-46H2,1-3H3,(H,68,73)(H,69,77)(H,83,84)/b40-38+. The van der Waals surface area contributed by atoms with Gasteiger partial charge in [0.05, 0.1) is 50.7 Å². The van der Waals surface area contributed by atoms with E-state index in [0.29, 0.717) is 12.8 Å². The molecular weight excluding hydrogens is 1170 g/mol. The summed E-state index contributed by atoms with van der Waals surface area (Å²) >= 11 is 0. The molecule has 0 aliphatic carbocycles. The van der Waals surface area contributed by atoms with Crippen LogP contribution >= 0.6 is 0 Å². The molecule has 2 amide bonds. The van der Waals surface area contributed by atoms with Crippen molar-refractivity contribution in [3.8, 4) is 0 Å². The van der Waals surface area contributed by atoms with Gasteiger partial charge in [0.15, 0.2) is 12.6 Å². The Bertz CT molecular complexity index is 1870. The maximum absolute atomic E-state index is 13.4. The lowest BCUT2D eigenvalue weighted by Gasteiger charge is -2.50. The van der Waals surface area contributed by atoms with Gasteiger partial charge in [0.1, 0.15) is 67.1 Å². The fourth-order valence-corrected chi connectivity index (χ4v) is 12.4. The smallest absolute Gasteiger partial charge is 0.364 e. The molecule has 3 fully saturated rings. The second kappa shape index (κ2) is 48.2. The van der Waals surface area contributed by atoms with Gasteiger partial charge in [0.25, 0.3) is 5.79 Å². The van der Waals surface area contributed by atoms with E-state index in [1.165, 1.54) is 167 Å². The van der Waals surface area contributed by atoms with Crippen LogP contribution in [0, 0.1) is 0 Å². The molecule has 3 aliphatic heterocycles. The number of rotatable bonds is 53. The van der Waals surface area contributed by atoms with Crippen LogP contribution in [-0.4, -0.2) is 215 Å². The van der Waals surface area contributed by atoms with Gasteiger partial charge in [-0.15, -0.1) is 0 Å². The molecule has 528 valence electrons. The number of aliphatic carboxylic acids is 1. The summed E-state index contributed by atoms with van der Waals surface area (Å²) in [5, 5.41) is 136. The summed E-state index contributed by atoms with van der Waals surface area (Å²) in [4.78, 5) is 38.5. The summed E-state index contributed by atoms with van der Waals surface area (Å²) in [6, 6.07) is -2.61. The topological polar surface area (TPSA) is 373 Å². The van der Waals surface area contributed by atoms with E-state index < -0.39 is 155 Å². The molecule has 0 aromatic carbocycles. The number of amides is 2. The Balaban J connectivity index is 1.57. The number of hydrogen-bond acceptors (Lipinski definition) is 20. The molecule has 0 radical (unpaired) electrons. The number of carbonyl (C=O) groups is 3. The normalized spacial score (nSPS) is 28.6. The van der Waals surface area contributed by atoms with Crippen LogP contribution in [0.15, 0.2) is 12.2 Å². The highest BCUT2D eigenvalue weighted by Crippen LogP contribution is 2.39. The van der Waals surface area contributed by atoms with Crippen molar-refractivity contribution in [3.05, 3.63) is 12.2 Å². The number of carboxylic acid groups (broad SMARTS) is 1. The van der Waals surface area contributed by atoms with Crippen LogP contribution in [0.25, 0.3) is 0 Å². The van der Waals surface area contributed by atoms with Gasteiger partial charge >= 0.3 is 5.97 Å². The SMILES string of the molecule is CCCCCCCCCCCCC/C=C/C(O)C(COC1OC(CO)C(OC2OC(CO)C(O)C(OC3(C(=O)O)CC(O)C(NC(C)=O)C(C(O)C(O)CO)O3)C2O)C(O)C1O)NC(=O)CCCCCCCCCCCCCCCCCCCCCCCCC. The predicted octanol–water partition coefficient (Wildman–Crippen LogP) is 6.29. The second-order valence-corrected chi connectivity index (χ2v) is 25.8. The van der Waals surface area contributed by atoms with Crippen LogP contribution < -0.4 is 10.6 Å². The van der Waals surface area contributed by atoms with Crippen LogP contribution in [0.2, 0.25) is 0 Å². The minimum absolute atomic E-state index is 0.205. The molecule has 0 spiro atoms. The summed E-state index contributed by atoms with van der Waals surface area (Å²) < 4.78 is 34.8. The Hall–Kier alpha value is -2.53. The Morgan fingerprint density at radius 2 is 1.03 bits per heavy atom. The molecule has 14 N–H and O–H groups in total. The van der Waals surface area contributed by atoms with E-state index in [0.717, 1.165) is 51.9 Å². The zero-order chi connectivity index (χ0) is 66.1. The highest BCUT2D eigenvalue weighted by Gasteiger charge is 2.60. The highest BCUT2D eigenvalue weighted by atomic mass is 16.8. The van der Waals surface area contributed by atoms with Gasteiger partial charge in [0, 0.05) is 19.8 Å². The Morgan fingerprint density at radius 1 is 0.578 bits per heavy atom. The monoisotopic (exact) mass is 1290 g/mol. The lowest BCUT2D eigenvalue weighted by Crippen LogP contribution is -2.70. The highest BCUT2D eigenvalue weighted by molar-refractivity contribution is 5.77.